The largest absolute Gasteiger partial charge is 0.496 e. The highest BCUT2D eigenvalue weighted by Gasteiger charge is 2.04. The number of unbranched alkanes of at least 4 members (excludes halogenated alkanes) is 1. The number of pyridine rings is 1. The van der Waals surface area contributed by atoms with Crippen molar-refractivity contribution in [2.45, 2.75) is 39.8 Å². The molecule has 1 aromatic carbocycles. The van der Waals surface area contributed by atoms with Gasteiger partial charge >= 0.3 is 0 Å². The third-order valence-electron chi connectivity index (χ3n) is 4.21. The molecule has 0 amide bonds. The SMILES string of the molecule is CCNC(=NCc1ccc(C)cc1OC)NCCCCn1ccccc1=O.I. The summed E-state index contributed by atoms with van der Waals surface area (Å²) in [6, 6.07) is 11.4. The van der Waals surface area contributed by atoms with Gasteiger partial charge in [0, 0.05) is 37.5 Å². The van der Waals surface area contributed by atoms with E-state index in [0.717, 1.165) is 49.7 Å². The van der Waals surface area contributed by atoms with Crippen LogP contribution in [0.4, 0.5) is 0 Å². The number of aryl methyl sites for hydroxylation is 2. The van der Waals surface area contributed by atoms with Crippen LogP contribution in [0.5, 0.6) is 5.75 Å². The van der Waals surface area contributed by atoms with E-state index in [1.165, 1.54) is 5.56 Å². The van der Waals surface area contributed by atoms with Crippen molar-refractivity contribution < 1.29 is 4.74 Å². The number of methoxy groups -OCH3 is 1. The van der Waals surface area contributed by atoms with Crippen LogP contribution in [0.3, 0.4) is 0 Å². The van der Waals surface area contributed by atoms with Gasteiger partial charge in [-0.05, 0) is 44.4 Å². The molecule has 28 heavy (non-hydrogen) atoms. The molecule has 6 nitrogen and oxygen atoms in total. The van der Waals surface area contributed by atoms with Gasteiger partial charge in [-0.1, -0.05) is 18.2 Å². The summed E-state index contributed by atoms with van der Waals surface area (Å²) in [5, 5.41) is 6.61. The zero-order valence-corrected chi connectivity index (χ0v) is 19.2. The molecule has 0 aliphatic carbocycles. The highest BCUT2D eigenvalue weighted by Crippen LogP contribution is 2.20. The molecule has 0 radical (unpaired) electrons. The van der Waals surface area contributed by atoms with Crippen LogP contribution in [0.1, 0.15) is 30.9 Å². The Morgan fingerprint density at radius 1 is 1.18 bits per heavy atom. The Hall–Kier alpha value is -2.03. The number of hydrogen-bond donors (Lipinski definition) is 2. The molecule has 0 saturated carbocycles. The first-order valence-corrected chi connectivity index (χ1v) is 9.45. The second kappa shape index (κ2) is 13.2. The fraction of sp³-hybridized carbons (Fsp3) is 0.429. The molecule has 0 fully saturated rings. The number of aromatic nitrogens is 1. The van der Waals surface area contributed by atoms with Crippen molar-refractivity contribution >= 4 is 29.9 Å². The molecule has 2 aromatic rings. The van der Waals surface area contributed by atoms with Crippen LogP contribution in [-0.2, 0) is 13.1 Å². The van der Waals surface area contributed by atoms with Crippen molar-refractivity contribution in [1.82, 2.24) is 15.2 Å². The molecule has 7 heteroatoms. The predicted octanol–water partition coefficient (Wildman–Crippen LogP) is 3.32. The average Bonchev–Trinajstić information content (AvgIpc) is 2.67. The molecule has 0 saturated heterocycles. The molecular weight excluding hydrogens is 467 g/mol. The summed E-state index contributed by atoms with van der Waals surface area (Å²) in [5.41, 5.74) is 2.28. The summed E-state index contributed by atoms with van der Waals surface area (Å²) in [6.45, 7) is 6.98. The summed E-state index contributed by atoms with van der Waals surface area (Å²) in [7, 11) is 1.68. The van der Waals surface area contributed by atoms with Crippen LogP contribution in [0, 0.1) is 6.92 Å². The molecule has 0 atom stereocenters. The van der Waals surface area contributed by atoms with Gasteiger partial charge in [0.25, 0.3) is 0 Å². The maximum atomic E-state index is 11.7. The van der Waals surface area contributed by atoms with Crippen molar-refractivity contribution in [3.8, 4) is 5.75 Å². The second-order valence-corrected chi connectivity index (χ2v) is 6.38. The summed E-state index contributed by atoms with van der Waals surface area (Å²) in [6.07, 6.45) is 3.72. The van der Waals surface area contributed by atoms with Crippen molar-refractivity contribution in [2.24, 2.45) is 4.99 Å². The molecule has 0 aliphatic heterocycles. The van der Waals surface area contributed by atoms with E-state index in [-0.39, 0.29) is 29.5 Å². The Balaban J connectivity index is 0.00000392. The standard InChI is InChI=1S/C21H30N4O2.HI/c1-4-22-21(24-16-18-11-10-17(2)15-19(18)27-3)23-12-6-8-14-25-13-7-5-9-20(25)26;/h5,7,9-11,13,15H,4,6,8,12,14,16H2,1-3H3,(H2,22,23,24);1H. The quantitative estimate of drug-likeness (QED) is 0.241. The molecule has 1 aromatic heterocycles. The molecule has 2 rings (SSSR count). The number of benzene rings is 1. The summed E-state index contributed by atoms with van der Waals surface area (Å²) >= 11 is 0. The Bertz CT molecular complexity index is 805. The second-order valence-electron chi connectivity index (χ2n) is 6.38. The van der Waals surface area contributed by atoms with Gasteiger partial charge in [-0.15, -0.1) is 24.0 Å². The Morgan fingerprint density at radius 2 is 2.00 bits per heavy atom. The molecule has 0 unspecified atom stereocenters. The van der Waals surface area contributed by atoms with Crippen LogP contribution >= 0.6 is 24.0 Å². The number of aliphatic imine (C=N–C) groups is 1. The molecule has 154 valence electrons. The summed E-state index contributed by atoms with van der Waals surface area (Å²) in [5.74, 6) is 1.65. The number of halogens is 1. The van der Waals surface area contributed by atoms with Crippen LogP contribution in [-0.4, -0.2) is 30.7 Å². The van der Waals surface area contributed by atoms with Gasteiger partial charge in [0.15, 0.2) is 5.96 Å². The minimum Gasteiger partial charge on any atom is -0.496 e. The van der Waals surface area contributed by atoms with E-state index in [0.29, 0.717) is 6.54 Å². The molecule has 0 aliphatic rings. The number of guanidine groups is 1. The lowest BCUT2D eigenvalue weighted by molar-refractivity contribution is 0.409. The normalized spacial score (nSPS) is 10.9. The van der Waals surface area contributed by atoms with Gasteiger partial charge in [-0.3, -0.25) is 4.79 Å². The van der Waals surface area contributed by atoms with Gasteiger partial charge in [0.1, 0.15) is 5.75 Å². The van der Waals surface area contributed by atoms with E-state index >= 15 is 0 Å². The zero-order valence-electron chi connectivity index (χ0n) is 16.9. The third-order valence-corrected chi connectivity index (χ3v) is 4.21. The van der Waals surface area contributed by atoms with E-state index in [1.807, 2.05) is 32.2 Å². The van der Waals surface area contributed by atoms with Crippen LogP contribution < -0.4 is 20.9 Å². The smallest absolute Gasteiger partial charge is 0.250 e. The number of hydrogen-bond acceptors (Lipinski definition) is 3. The van der Waals surface area contributed by atoms with Crippen molar-refractivity contribution in [2.75, 3.05) is 20.2 Å². The number of ether oxygens (including phenoxy) is 1. The van der Waals surface area contributed by atoms with E-state index in [9.17, 15) is 4.79 Å². The fourth-order valence-electron chi connectivity index (χ4n) is 2.75. The van der Waals surface area contributed by atoms with Crippen LogP contribution in [0.15, 0.2) is 52.4 Å². The van der Waals surface area contributed by atoms with E-state index in [2.05, 4.69) is 27.8 Å². The fourth-order valence-corrected chi connectivity index (χ4v) is 2.75. The van der Waals surface area contributed by atoms with Crippen molar-refractivity contribution in [3.63, 3.8) is 0 Å². The van der Waals surface area contributed by atoms with Gasteiger partial charge in [-0.25, -0.2) is 4.99 Å². The first-order valence-electron chi connectivity index (χ1n) is 9.45. The predicted molar refractivity (Wildman–Crippen MR) is 126 cm³/mol. The van der Waals surface area contributed by atoms with Crippen LogP contribution in [0.25, 0.3) is 0 Å². The Kier molecular flexibility index (Phi) is 11.3. The lowest BCUT2D eigenvalue weighted by Gasteiger charge is -2.12. The summed E-state index contributed by atoms with van der Waals surface area (Å²) in [4.78, 5) is 16.3. The first kappa shape index (κ1) is 24.0. The topological polar surface area (TPSA) is 67.7 Å². The highest BCUT2D eigenvalue weighted by molar-refractivity contribution is 14.0. The lowest BCUT2D eigenvalue weighted by atomic mass is 10.1. The Morgan fingerprint density at radius 3 is 2.71 bits per heavy atom. The van der Waals surface area contributed by atoms with Gasteiger partial charge < -0.3 is 19.9 Å². The zero-order chi connectivity index (χ0) is 19.5. The average molecular weight is 498 g/mol. The van der Waals surface area contributed by atoms with Gasteiger partial charge in [0.05, 0.1) is 13.7 Å². The third kappa shape index (κ3) is 7.92. The van der Waals surface area contributed by atoms with Gasteiger partial charge in [0.2, 0.25) is 5.56 Å². The summed E-state index contributed by atoms with van der Waals surface area (Å²) < 4.78 is 7.18. The Labute approximate surface area is 184 Å². The minimum absolute atomic E-state index is 0. The minimum atomic E-state index is 0. The number of nitrogens with one attached hydrogen (secondary N) is 2. The molecular formula is C21H31IN4O2. The number of nitrogens with zero attached hydrogens (tertiary/aromatic N) is 2. The lowest BCUT2D eigenvalue weighted by Crippen LogP contribution is -2.37. The monoisotopic (exact) mass is 498 g/mol. The maximum Gasteiger partial charge on any atom is 0.250 e. The number of rotatable bonds is 9. The van der Waals surface area contributed by atoms with E-state index in [4.69, 9.17) is 4.74 Å². The molecule has 1 heterocycles. The van der Waals surface area contributed by atoms with Crippen LogP contribution in [0.2, 0.25) is 0 Å². The molecule has 0 bridgehead atoms. The first-order chi connectivity index (χ1) is 13.1. The molecule has 2 N–H and O–H groups in total. The maximum absolute atomic E-state index is 11.7. The van der Waals surface area contributed by atoms with Crippen molar-refractivity contribution in [3.05, 3.63) is 64.1 Å². The molecule has 0 spiro atoms. The van der Waals surface area contributed by atoms with Gasteiger partial charge in [-0.2, -0.15) is 0 Å². The van der Waals surface area contributed by atoms with E-state index in [1.54, 1.807) is 23.8 Å². The van der Waals surface area contributed by atoms with E-state index < -0.39 is 0 Å². The van der Waals surface area contributed by atoms with Crippen molar-refractivity contribution in [1.29, 1.82) is 0 Å². The highest BCUT2D eigenvalue weighted by atomic mass is 127.